The Kier molecular flexibility index (Phi) is 5.66. The van der Waals surface area contributed by atoms with Gasteiger partial charge in [0.05, 0.1) is 24.1 Å². The van der Waals surface area contributed by atoms with Crippen molar-refractivity contribution in [2.45, 2.75) is 13.5 Å². The summed E-state index contributed by atoms with van der Waals surface area (Å²) >= 11 is 5.36. The Bertz CT molecular complexity index is 890. The van der Waals surface area contributed by atoms with Crippen molar-refractivity contribution in [2.24, 2.45) is 0 Å². The van der Waals surface area contributed by atoms with Crippen LogP contribution in [0.1, 0.15) is 21.7 Å². The highest BCUT2D eigenvalue weighted by Crippen LogP contribution is 2.16. The van der Waals surface area contributed by atoms with Gasteiger partial charge in [0.2, 0.25) is 0 Å². The van der Waals surface area contributed by atoms with Gasteiger partial charge in [-0.15, -0.1) is 0 Å². The van der Waals surface area contributed by atoms with Crippen LogP contribution in [0.15, 0.2) is 71.3 Å². The van der Waals surface area contributed by atoms with Crippen LogP contribution in [0, 0.1) is 6.92 Å². The normalized spacial score (nSPS) is 10.2. The summed E-state index contributed by atoms with van der Waals surface area (Å²) < 4.78 is 5.23. The lowest BCUT2D eigenvalue weighted by molar-refractivity contribution is 0.0949. The van der Waals surface area contributed by atoms with Gasteiger partial charge in [0, 0.05) is 5.69 Å². The average Bonchev–Trinajstić information content (AvgIpc) is 3.16. The number of thiocarbonyl (C=S) groups is 1. The van der Waals surface area contributed by atoms with Crippen LogP contribution >= 0.6 is 12.2 Å². The van der Waals surface area contributed by atoms with Crippen molar-refractivity contribution in [3.05, 3.63) is 83.8 Å². The summed E-state index contributed by atoms with van der Waals surface area (Å²) in [7, 11) is 0. The number of rotatable bonds is 5. The molecular weight excluding hydrogens is 346 g/mol. The number of benzene rings is 2. The van der Waals surface area contributed by atoms with Crippen LogP contribution in [0.4, 0.5) is 11.4 Å². The van der Waals surface area contributed by atoms with Crippen molar-refractivity contribution in [1.82, 2.24) is 5.32 Å². The van der Waals surface area contributed by atoms with Gasteiger partial charge in [-0.2, -0.15) is 0 Å². The molecule has 1 aromatic heterocycles. The zero-order chi connectivity index (χ0) is 18.4. The molecule has 132 valence electrons. The van der Waals surface area contributed by atoms with Crippen molar-refractivity contribution in [2.75, 3.05) is 10.6 Å². The van der Waals surface area contributed by atoms with E-state index in [9.17, 15) is 4.79 Å². The molecule has 5 nitrogen and oxygen atoms in total. The van der Waals surface area contributed by atoms with E-state index in [0.29, 0.717) is 28.7 Å². The number of para-hydroxylation sites is 1. The van der Waals surface area contributed by atoms with Crippen molar-refractivity contribution in [1.29, 1.82) is 0 Å². The molecule has 0 bridgehead atoms. The fraction of sp³-hybridized carbons (Fsp3) is 0.100. The van der Waals surface area contributed by atoms with Crippen molar-refractivity contribution in [3.8, 4) is 0 Å². The number of carbonyl (C=O) groups is 1. The average molecular weight is 365 g/mol. The molecule has 26 heavy (non-hydrogen) atoms. The number of hydrogen-bond donors (Lipinski definition) is 3. The maximum atomic E-state index is 12.5. The summed E-state index contributed by atoms with van der Waals surface area (Å²) in [5, 5.41) is 9.45. The highest BCUT2D eigenvalue weighted by molar-refractivity contribution is 7.80. The van der Waals surface area contributed by atoms with E-state index < -0.39 is 0 Å². The Morgan fingerprint density at radius 3 is 2.50 bits per heavy atom. The predicted molar refractivity (Wildman–Crippen MR) is 107 cm³/mol. The second kappa shape index (κ2) is 8.31. The maximum Gasteiger partial charge on any atom is 0.253 e. The molecule has 0 spiro atoms. The third kappa shape index (κ3) is 4.70. The SMILES string of the molecule is Cc1ccc(NC(=S)Nc2ccccc2C(=O)NCc2ccco2)cc1. The summed E-state index contributed by atoms with van der Waals surface area (Å²) in [5.74, 6) is 0.489. The lowest BCUT2D eigenvalue weighted by atomic mass is 10.1. The first-order chi connectivity index (χ1) is 12.6. The Morgan fingerprint density at radius 1 is 1.00 bits per heavy atom. The summed E-state index contributed by atoms with van der Waals surface area (Å²) in [6, 6.07) is 18.7. The van der Waals surface area contributed by atoms with Crippen LogP contribution in [0.5, 0.6) is 0 Å². The molecule has 6 heteroatoms. The van der Waals surface area contributed by atoms with Gasteiger partial charge in [-0.05, 0) is 55.5 Å². The molecule has 0 saturated heterocycles. The van der Waals surface area contributed by atoms with Crippen molar-refractivity contribution < 1.29 is 9.21 Å². The van der Waals surface area contributed by atoms with Crippen LogP contribution in [-0.4, -0.2) is 11.0 Å². The Balaban J connectivity index is 1.65. The summed E-state index contributed by atoms with van der Waals surface area (Å²) in [5.41, 5.74) is 3.20. The lowest BCUT2D eigenvalue weighted by Gasteiger charge is -2.14. The first kappa shape index (κ1) is 17.7. The summed E-state index contributed by atoms with van der Waals surface area (Å²) in [4.78, 5) is 12.5. The fourth-order valence-electron chi connectivity index (χ4n) is 2.39. The first-order valence-electron chi connectivity index (χ1n) is 8.16. The molecule has 3 N–H and O–H groups in total. The molecule has 0 unspecified atom stereocenters. The van der Waals surface area contributed by atoms with E-state index in [1.807, 2.05) is 55.5 Å². The minimum absolute atomic E-state index is 0.206. The standard InChI is InChI=1S/C20H19N3O2S/c1-14-8-10-15(11-9-14)22-20(26)23-18-7-3-2-6-17(18)19(24)21-13-16-5-4-12-25-16/h2-12H,13H2,1H3,(H,21,24)(H2,22,23,26). The third-order valence-corrected chi connectivity index (χ3v) is 3.94. The minimum Gasteiger partial charge on any atom is -0.467 e. The highest BCUT2D eigenvalue weighted by Gasteiger charge is 2.12. The zero-order valence-electron chi connectivity index (χ0n) is 14.3. The van der Waals surface area contributed by atoms with Crippen molar-refractivity contribution in [3.63, 3.8) is 0 Å². The van der Waals surface area contributed by atoms with Gasteiger partial charge < -0.3 is 20.4 Å². The first-order valence-corrected chi connectivity index (χ1v) is 8.57. The zero-order valence-corrected chi connectivity index (χ0v) is 15.1. The third-order valence-electron chi connectivity index (χ3n) is 3.73. The quantitative estimate of drug-likeness (QED) is 0.588. The van der Waals surface area contributed by atoms with E-state index in [0.717, 1.165) is 5.69 Å². The van der Waals surface area contributed by atoms with E-state index >= 15 is 0 Å². The van der Waals surface area contributed by atoms with Gasteiger partial charge in [-0.3, -0.25) is 4.79 Å². The number of carbonyl (C=O) groups excluding carboxylic acids is 1. The number of aryl methyl sites for hydroxylation is 1. The van der Waals surface area contributed by atoms with Crippen LogP contribution in [0.3, 0.4) is 0 Å². The molecule has 1 amide bonds. The molecule has 0 fully saturated rings. The number of hydrogen-bond acceptors (Lipinski definition) is 3. The molecule has 2 aromatic carbocycles. The fourth-order valence-corrected chi connectivity index (χ4v) is 2.62. The van der Waals surface area contributed by atoms with Crippen molar-refractivity contribution >= 4 is 34.6 Å². The minimum atomic E-state index is -0.206. The smallest absolute Gasteiger partial charge is 0.253 e. The van der Waals surface area contributed by atoms with Gasteiger partial charge in [0.15, 0.2) is 5.11 Å². The van der Waals surface area contributed by atoms with Gasteiger partial charge >= 0.3 is 0 Å². The van der Waals surface area contributed by atoms with Crippen LogP contribution in [0.25, 0.3) is 0 Å². The summed E-state index contributed by atoms with van der Waals surface area (Å²) in [6.45, 7) is 2.35. The van der Waals surface area contributed by atoms with E-state index in [1.165, 1.54) is 5.56 Å². The number of anilines is 2. The monoisotopic (exact) mass is 365 g/mol. The number of nitrogens with one attached hydrogen (secondary N) is 3. The molecular formula is C20H19N3O2S. The highest BCUT2D eigenvalue weighted by atomic mass is 32.1. The molecule has 0 aliphatic heterocycles. The Labute approximate surface area is 157 Å². The molecule has 0 aliphatic rings. The largest absolute Gasteiger partial charge is 0.467 e. The Morgan fingerprint density at radius 2 is 1.77 bits per heavy atom. The second-order valence-corrected chi connectivity index (χ2v) is 6.16. The maximum absolute atomic E-state index is 12.5. The van der Waals surface area contributed by atoms with E-state index in [-0.39, 0.29) is 5.91 Å². The van der Waals surface area contributed by atoms with E-state index in [4.69, 9.17) is 16.6 Å². The molecule has 3 rings (SSSR count). The molecule has 0 atom stereocenters. The van der Waals surface area contributed by atoms with Gasteiger partial charge in [0.1, 0.15) is 5.76 Å². The second-order valence-electron chi connectivity index (χ2n) is 5.75. The van der Waals surface area contributed by atoms with Gasteiger partial charge in [0.25, 0.3) is 5.91 Å². The Hall–Kier alpha value is -3.12. The lowest BCUT2D eigenvalue weighted by Crippen LogP contribution is -2.26. The van der Waals surface area contributed by atoms with Gasteiger partial charge in [-0.1, -0.05) is 29.8 Å². The molecule has 0 aliphatic carbocycles. The molecule has 0 saturated carbocycles. The predicted octanol–water partition coefficient (Wildman–Crippen LogP) is 4.33. The molecule has 1 heterocycles. The topological polar surface area (TPSA) is 66.3 Å². The molecule has 3 aromatic rings. The number of furan rings is 1. The number of amides is 1. The van der Waals surface area contributed by atoms with Crippen LogP contribution in [-0.2, 0) is 6.54 Å². The van der Waals surface area contributed by atoms with Crippen LogP contribution < -0.4 is 16.0 Å². The van der Waals surface area contributed by atoms with E-state index in [2.05, 4.69) is 16.0 Å². The van der Waals surface area contributed by atoms with Crippen LogP contribution in [0.2, 0.25) is 0 Å². The van der Waals surface area contributed by atoms with E-state index in [1.54, 1.807) is 18.4 Å². The summed E-state index contributed by atoms with van der Waals surface area (Å²) in [6.07, 6.45) is 1.58. The molecule has 0 radical (unpaired) electrons. The van der Waals surface area contributed by atoms with Gasteiger partial charge in [-0.25, -0.2) is 0 Å².